The Morgan fingerprint density at radius 3 is 2.21 bits per heavy atom. The van der Waals surface area contributed by atoms with Gasteiger partial charge in [-0.05, 0) is 85.7 Å². The van der Waals surface area contributed by atoms with Gasteiger partial charge in [-0.3, -0.25) is 0 Å². The summed E-state index contributed by atoms with van der Waals surface area (Å²) < 4.78 is 0. The zero-order valence-corrected chi connectivity index (χ0v) is 18.3. The minimum Gasteiger partial charge on any atom is -0.353 e. The van der Waals surface area contributed by atoms with Gasteiger partial charge in [-0.1, -0.05) is 18.2 Å². The third-order valence-corrected chi connectivity index (χ3v) is 6.42. The van der Waals surface area contributed by atoms with Crippen LogP contribution in [0.5, 0.6) is 0 Å². The summed E-state index contributed by atoms with van der Waals surface area (Å²) in [6.45, 7) is 4.28. The highest BCUT2D eigenvalue weighted by Crippen LogP contribution is 2.41. The van der Waals surface area contributed by atoms with Crippen LogP contribution in [-0.4, -0.2) is 9.97 Å². The van der Waals surface area contributed by atoms with E-state index < -0.39 is 0 Å². The maximum Gasteiger partial charge on any atom is 0.0894 e. The predicted octanol–water partition coefficient (Wildman–Crippen LogP) is 4.98. The van der Waals surface area contributed by atoms with Crippen LogP contribution >= 0.6 is 0 Å². The number of hydrogen-bond acceptors (Lipinski definition) is 4. The Labute approximate surface area is 191 Å². The van der Waals surface area contributed by atoms with E-state index in [-0.39, 0.29) is 0 Å². The van der Waals surface area contributed by atoms with Gasteiger partial charge in [0.1, 0.15) is 0 Å². The summed E-state index contributed by atoms with van der Waals surface area (Å²) >= 11 is 0. The van der Waals surface area contributed by atoms with Gasteiger partial charge in [0.15, 0.2) is 0 Å². The van der Waals surface area contributed by atoms with Gasteiger partial charge < -0.3 is 5.32 Å². The number of nitrogens with one attached hydrogen (secondary N) is 1. The average Bonchev–Trinajstić information content (AvgIpc) is 3.21. The fraction of sp³-hybridized carbons (Fsp3) is 0.0690. The molecule has 1 N–H and O–H groups in total. The van der Waals surface area contributed by atoms with Crippen molar-refractivity contribution >= 4 is 17.1 Å². The molecule has 156 valence electrons. The van der Waals surface area contributed by atoms with Crippen molar-refractivity contribution in [3.05, 3.63) is 106 Å². The highest BCUT2D eigenvalue weighted by Gasteiger charge is 2.22. The summed E-state index contributed by atoms with van der Waals surface area (Å²) in [5, 5.41) is 5.72. The van der Waals surface area contributed by atoms with Crippen LogP contribution in [0.1, 0.15) is 16.8 Å². The molecule has 0 unspecified atom stereocenters. The van der Waals surface area contributed by atoms with Crippen LogP contribution in [0.25, 0.3) is 45.2 Å². The van der Waals surface area contributed by atoms with Crippen molar-refractivity contribution in [2.45, 2.75) is 13.8 Å². The van der Waals surface area contributed by atoms with Gasteiger partial charge in [0.25, 0.3) is 0 Å². The largest absolute Gasteiger partial charge is 0.353 e. The molecule has 0 saturated heterocycles. The van der Waals surface area contributed by atoms with Crippen LogP contribution < -0.4 is 15.9 Å². The van der Waals surface area contributed by atoms with E-state index in [0.29, 0.717) is 0 Å². The number of fused-ring (bicyclic) bond motifs is 10. The minimum atomic E-state index is 0.851. The Hall–Kier alpha value is -4.31. The number of nitrogens with zero attached hydrogens (tertiary/aromatic N) is 3. The Morgan fingerprint density at radius 2 is 1.36 bits per heavy atom. The second kappa shape index (κ2) is 6.59. The number of allylic oxidation sites excluding steroid dienone is 2. The Morgan fingerprint density at radius 1 is 0.697 bits per heavy atom. The van der Waals surface area contributed by atoms with Crippen LogP contribution in [-0.2, 0) is 0 Å². The van der Waals surface area contributed by atoms with Gasteiger partial charge in [0, 0.05) is 27.6 Å². The van der Waals surface area contributed by atoms with Crippen molar-refractivity contribution in [2.75, 3.05) is 0 Å². The first-order valence-corrected chi connectivity index (χ1v) is 11.1. The van der Waals surface area contributed by atoms with Crippen molar-refractivity contribution in [1.82, 2.24) is 15.3 Å². The lowest BCUT2D eigenvalue weighted by atomic mass is 9.96. The first-order valence-electron chi connectivity index (χ1n) is 11.1. The van der Waals surface area contributed by atoms with Gasteiger partial charge in [-0.25, -0.2) is 15.0 Å². The highest BCUT2D eigenvalue weighted by molar-refractivity contribution is 5.91. The van der Waals surface area contributed by atoms with Crippen molar-refractivity contribution in [3.63, 3.8) is 0 Å². The zero-order valence-electron chi connectivity index (χ0n) is 18.3. The second-order valence-electron chi connectivity index (χ2n) is 8.82. The molecule has 2 aromatic carbocycles. The summed E-state index contributed by atoms with van der Waals surface area (Å²) in [7, 11) is 0. The first-order chi connectivity index (χ1) is 16.1. The quantitative estimate of drug-likeness (QED) is 0.381. The third kappa shape index (κ3) is 2.74. The summed E-state index contributed by atoms with van der Waals surface area (Å²) in [6.07, 6.45) is 6.25. The molecule has 3 aliphatic heterocycles. The Balaban J connectivity index is 1.67. The first kappa shape index (κ1) is 18.3. The molecule has 0 amide bonds. The van der Waals surface area contributed by atoms with Crippen molar-refractivity contribution in [2.24, 2.45) is 4.99 Å². The summed E-state index contributed by atoms with van der Waals surface area (Å²) in [6, 6.07) is 21.1. The standard InChI is InChI=1S/C29H20N4/c1-16-12-18-19-13-17(2)15-21-23-7-4-9-25(31-23)27-11-5-10-26(32-27)24-8-3-6-22(30-24)20(14-16)28(18)33-29(19)21/h3-15,30H,1-2H3. The van der Waals surface area contributed by atoms with E-state index in [0.717, 1.165) is 56.0 Å². The van der Waals surface area contributed by atoms with E-state index in [9.17, 15) is 0 Å². The number of rotatable bonds is 0. The molecule has 33 heavy (non-hydrogen) atoms. The van der Waals surface area contributed by atoms with E-state index in [1.54, 1.807) is 0 Å². The molecule has 7 rings (SSSR count). The van der Waals surface area contributed by atoms with Crippen molar-refractivity contribution in [1.29, 1.82) is 0 Å². The van der Waals surface area contributed by atoms with E-state index in [4.69, 9.17) is 15.0 Å². The molecule has 0 saturated carbocycles. The van der Waals surface area contributed by atoms with E-state index >= 15 is 0 Å². The third-order valence-electron chi connectivity index (χ3n) is 6.42. The van der Waals surface area contributed by atoms with Gasteiger partial charge in [0.05, 0.1) is 39.5 Å². The summed E-state index contributed by atoms with van der Waals surface area (Å²) in [4.78, 5) is 15.2. The normalized spacial score (nSPS) is 14.2. The van der Waals surface area contributed by atoms with Crippen LogP contribution in [0.15, 0.2) is 83.9 Å². The van der Waals surface area contributed by atoms with Gasteiger partial charge in [-0.15, -0.1) is 0 Å². The molecule has 0 spiro atoms. The van der Waals surface area contributed by atoms with Gasteiger partial charge in [0.2, 0.25) is 0 Å². The maximum absolute atomic E-state index is 5.21. The van der Waals surface area contributed by atoms with E-state index in [2.05, 4.69) is 73.8 Å². The molecule has 4 nitrogen and oxygen atoms in total. The molecule has 3 aliphatic rings. The lowest BCUT2D eigenvalue weighted by Gasteiger charge is -2.16. The molecule has 5 heterocycles. The van der Waals surface area contributed by atoms with E-state index in [1.807, 2.05) is 24.3 Å². The smallest absolute Gasteiger partial charge is 0.0894 e. The molecule has 2 aromatic heterocycles. The molecule has 0 radical (unpaired) electrons. The zero-order chi connectivity index (χ0) is 22.1. The number of dihydropyridines is 1. The number of benzene rings is 2. The molecule has 0 atom stereocenters. The molecule has 4 heteroatoms. The molecular formula is C29H20N4. The predicted molar refractivity (Wildman–Crippen MR) is 132 cm³/mol. The lowest BCUT2D eigenvalue weighted by molar-refractivity contribution is 1.14. The lowest BCUT2D eigenvalue weighted by Crippen LogP contribution is -2.32. The molecule has 0 fully saturated rings. The average molecular weight is 425 g/mol. The highest BCUT2D eigenvalue weighted by atomic mass is 14.9. The van der Waals surface area contributed by atoms with Gasteiger partial charge in [-0.2, -0.15) is 0 Å². The number of aromatic nitrogens is 2. The van der Waals surface area contributed by atoms with Crippen molar-refractivity contribution < 1.29 is 0 Å². The van der Waals surface area contributed by atoms with Crippen LogP contribution in [0.3, 0.4) is 0 Å². The number of pyridine rings is 2. The SMILES string of the molecule is Cc1cc2c3c(c1)-c1cc(C)cc(c1=N3)=C1C=CC=C(N1)c1cccc(n1)-c1cccc-2n1. The molecular weight excluding hydrogens is 404 g/mol. The van der Waals surface area contributed by atoms with Gasteiger partial charge >= 0.3 is 0 Å². The molecule has 8 bridgehead atoms. The Bertz CT molecular complexity index is 1710. The fourth-order valence-corrected chi connectivity index (χ4v) is 4.95. The van der Waals surface area contributed by atoms with Crippen LogP contribution in [0, 0.1) is 13.8 Å². The van der Waals surface area contributed by atoms with Crippen molar-refractivity contribution in [3.8, 4) is 33.8 Å². The molecule has 0 aliphatic carbocycles. The second-order valence-corrected chi connectivity index (χ2v) is 8.82. The number of hydrogen-bond donors (Lipinski definition) is 1. The maximum atomic E-state index is 5.21. The minimum absolute atomic E-state index is 0.851. The Kier molecular flexibility index (Phi) is 3.65. The monoisotopic (exact) mass is 424 g/mol. The summed E-state index contributed by atoms with van der Waals surface area (Å²) in [5.41, 5.74) is 12.3. The molecule has 4 aromatic rings. The number of aryl methyl sites for hydroxylation is 2. The van der Waals surface area contributed by atoms with Crippen LogP contribution in [0.2, 0.25) is 0 Å². The fourth-order valence-electron chi connectivity index (χ4n) is 4.95. The summed E-state index contributed by atoms with van der Waals surface area (Å²) in [5.74, 6) is 0. The van der Waals surface area contributed by atoms with E-state index in [1.165, 1.54) is 22.3 Å². The topological polar surface area (TPSA) is 50.2 Å². The van der Waals surface area contributed by atoms with Crippen LogP contribution in [0.4, 0.5) is 5.69 Å².